The Morgan fingerprint density at radius 2 is 2.09 bits per heavy atom. The predicted molar refractivity (Wildman–Crippen MR) is 118 cm³/mol. The Bertz CT molecular complexity index is 1330. The van der Waals surface area contributed by atoms with Crippen molar-refractivity contribution in [3.63, 3.8) is 0 Å². The zero-order valence-corrected chi connectivity index (χ0v) is 17.7. The summed E-state index contributed by atoms with van der Waals surface area (Å²) in [7, 11) is 1.57. The van der Waals surface area contributed by atoms with Crippen LogP contribution in [0.2, 0.25) is 0 Å². The largest absolute Gasteiger partial charge is 0.395 e. The molecule has 3 N–H and O–H groups in total. The Morgan fingerprint density at radius 1 is 1.30 bits per heavy atom. The molecule has 1 aromatic heterocycles. The van der Waals surface area contributed by atoms with Crippen LogP contribution in [0.1, 0.15) is 22.9 Å². The third-order valence-electron chi connectivity index (χ3n) is 5.79. The maximum absolute atomic E-state index is 13.8. The molecule has 0 radical (unpaired) electrons. The lowest BCUT2D eigenvalue weighted by atomic mass is 9.93. The first-order valence-electron chi connectivity index (χ1n) is 10.2. The van der Waals surface area contributed by atoms with Crippen LogP contribution in [0.25, 0.3) is 10.8 Å². The minimum Gasteiger partial charge on any atom is -0.395 e. The zero-order valence-electron chi connectivity index (χ0n) is 17.7. The Kier molecular flexibility index (Phi) is 6.09. The molecule has 2 aromatic carbocycles. The highest BCUT2D eigenvalue weighted by Gasteiger charge is 2.33. The maximum Gasteiger partial charge on any atom is 0.322 e. The van der Waals surface area contributed by atoms with E-state index in [1.807, 2.05) is 4.90 Å². The van der Waals surface area contributed by atoms with Gasteiger partial charge in [0.15, 0.2) is 0 Å². The van der Waals surface area contributed by atoms with Crippen molar-refractivity contribution in [3.05, 3.63) is 75.2 Å². The Balaban J connectivity index is 1.74. The van der Waals surface area contributed by atoms with E-state index in [-0.39, 0.29) is 23.2 Å². The van der Waals surface area contributed by atoms with E-state index >= 15 is 0 Å². The highest BCUT2D eigenvalue weighted by Crippen LogP contribution is 2.34. The third kappa shape index (κ3) is 4.28. The number of aromatic amines is 1. The number of nitrogens with zero attached hydrogens (tertiary/aromatic N) is 3. The standard InChI is InChI=1S/C23H21F2N5O3/c1-29(23(33)27-15-3-5-18(25)13(8-15)10-26)20-12-30(6-7-31)11-19-21(20)16-4-2-14(24)9-17(16)22(32)28-19/h2-5,8-9,20,31H,6-7,11-12H2,1H3,(H,27,33)(H,28,32). The van der Waals surface area contributed by atoms with Crippen LogP contribution in [0.3, 0.4) is 0 Å². The lowest BCUT2D eigenvalue weighted by Gasteiger charge is -2.39. The molecule has 0 aliphatic carbocycles. The maximum atomic E-state index is 13.8. The second-order valence-corrected chi connectivity index (χ2v) is 7.86. The number of aliphatic hydroxyl groups is 1. The van der Waals surface area contributed by atoms with Crippen molar-refractivity contribution in [2.75, 3.05) is 32.1 Å². The molecule has 1 aliphatic rings. The molecule has 3 aromatic rings. The summed E-state index contributed by atoms with van der Waals surface area (Å²) in [6.07, 6.45) is 0. The number of carbonyl (C=O) groups excluding carboxylic acids is 1. The van der Waals surface area contributed by atoms with E-state index in [2.05, 4.69) is 10.3 Å². The van der Waals surface area contributed by atoms with E-state index in [1.165, 1.54) is 29.2 Å². The topological polar surface area (TPSA) is 112 Å². The highest BCUT2D eigenvalue weighted by atomic mass is 19.1. The van der Waals surface area contributed by atoms with Gasteiger partial charge < -0.3 is 20.3 Å². The number of hydrogen-bond donors (Lipinski definition) is 3. The SMILES string of the molecule is CN(C(=O)Nc1ccc(F)c(C#N)c1)C1CN(CCO)Cc2[nH]c(=O)c3cc(F)ccc3c21. The van der Waals surface area contributed by atoms with Gasteiger partial charge in [-0.15, -0.1) is 0 Å². The second kappa shape index (κ2) is 8.97. The number of anilines is 1. The minimum absolute atomic E-state index is 0.104. The van der Waals surface area contributed by atoms with Gasteiger partial charge in [0.25, 0.3) is 5.56 Å². The number of hydrogen-bond acceptors (Lipinski definition) is 5. The van der Waals surface area contributed by atoms with Gasteiger partial charge in [-0.05, 0) is 35.7 Å². The highest BCUT2D eigenvalue weighted by molar-refractivity contribution is 5.91. The Labute approximate surface area is 187 Å². The van der Waals surface area contributed by atoms with Crippen molar-refractivity contribution in [2.45, 2.75) is 12.6 Å². The van der Waals surface area contributed by atoms with E-state index in [0.717, 1.165) is 12.1 Å². The van der Waals surface area contributed by atoms with Crippen molar-refractivity contribution in [3.8, 4) is 6.07 Å². The quantitative estimate of drug-likeness (QED) is 0.562. The Morgan fingerprint density at radius 3 is 2.82 bits per heavy atom. The number of aliphatic hydroxyl groups excluding tert-OH is 1. The van der Waals surface area contributed by atoms with Crippen LogP contribution in [-0.2, 0) is 6.54 Å². The summed E-state index contributed by atoms with van der Waals surface area (Å²) in [5, 5.41) is 21.8. The number of aromatic nitrogens is 1. The number of likely N-dealkylation sites (N-methyl/N-ethyl adjacent to an activating group) is 1. The van der Waals surface area contributed by atoms with Gasteiger partial charge in [0, 0.05) is 43.6 Å². The number of benzene rings is 2. The number of H-pyrrole nitrogens is 1. The summed E-state index contributed by atoms with van der Waals surface area (Å²) < 4.78 is 27.4. The molecule has 8 nitrogen and oxygen atoms in total. The number of urea groups is 1. The summed E-state index contributed by atoms with van der Waals surface area (Å²) in [6.45, 7) is 0.947. The number of halogens is 2. The van der Waals surface area contributed by atoms with Gasteiger partial charge in [-0.25, -0.2) is 13.6 Å². The predicted octanol–water partition coefficient (Wildman–Crippen LogP) is 2.69. The Hall–Kier alpha value is -3.81. The molecule has 0 fully saturated rings. The van der Waals surface area contributed by atoms with Gasteiger partial charge in [-0.3, -0.25) is 9.69 Å². The van der Waals surface area contributed by atoms with Crippen molar-refractivity contribution < 1.29 is 18.7 Å². The summed E-state index contributed by atoms with van der Waals surface area (Å²) in [4.78, 5) is 31.8. The third-order valence-corrected chi connectivity index (χ3v) is 5.79. The van der Waals surface area contributed by atoms with Crippen LogP contribution in [-0.4, -0.2) is 52.7 Å². The fraction of sp³-hybridized carbons (Fsp3) is 0.261. The normalized spacial score (nSPS) is 15.7. The molecule has 0 saturated carbocycles. The summed E-state index contributed by atoms with van der Waals surface area (Å²) >= 11 is 0. The van der Waals surface area contributed by atoms with Crippen molar-refractivity contribution in [2.24, 2.45) is 0 Å². The minimum atomic E-state index is -0.688. The van der Waals surface area contributed by atoms with Crippen LogP contribution in [0, 0.1) is 23.0 Å². The molecule has 33 heavy (non-hydrogen) atoms. The number of pyridine rings is 1. The van der Waals surface area contributed by atoms with Gasteiger partial charge in [0.05, 0.1) is 23.6 Å². The van der Waals surface area contributed by atoms with E-state index in [1.54, 1.807) is 13.1 Å². The van der Waals surface area contributed by atoms with Gasteiger partial charge in [-0.1, -0.05) is 6.07 Å². The molecule has 1 aliphatic heterocycles. The fourth-order valence-electron chi connectivity index (χ4n) is 4.17. The van der Waals surface area contributed by atoms with E-state index in [9.17, 15) is 23.5 Å². The zero-order chi connectivity index (χ0) is 23.7. The van der Waals surface area contributed by atoms with Crippen molar-refractivity contribution >= 4 is 22.5 Å². The molecule has 170 valence electrons. The fourth-order valence-corrected chi connectivity index (χ4v) is 4.17. The second-order valence-electron chi connectivity index (χ2n) is 7.86. The molecule has 4 rings (SSSR count). The first-order valence-corrected chi connectivity index (χ1v) is 10.2. The van der Waals surface area contributed by atoms with Gasteiger partial charge >= 0.3 is 6.03 Å². The molecule has 0 saturated heterocycles. The van der Waals surface area contributed by atoms with Gasteiger partial charge in [0.1, 0.15) is 17.7 Å². The molecular formula is C23H21F2N5O3. The first-order chi connectivity index (χ1) is 15.8. The van der Waals surface area contributed by atoms with Crippen LogP contribution < -0.4 is 10.9 Å². The smallest absolute Gasteiger partial charge is 0.322 e. The summed E-state index contributed by atoms with van der Waals surface area (Å²) in [5.41, 5.74) is 0.889. The molecule has 1 unspecified atom stereocenters. The van der Waals surface area contributed by atoms with E-state index < -0.39 is 29.3 Å². The number of nitriles is 1. The average molecular weight is 453 g/mol. The molecule has 0 spiro atoms. The summed E-state index contributed by atoms with van der Waals surface area (Å²) in [6, 6.07) is 8.31. The van der Waals surface area contributed by atoms with E-state index in [0.29, 0.717) is 36.3 Å². The number of carbonyl (C=O) groups is 1. The van der Waals surface area contributed by atoms with E-state index in [4.69, 9.17) is 5.26 Å². The van der Waals surface area contributed by atoms with Crippen LogP contribution in [0.5, 0.6) is 0 Å². The lowest BCUT2D eigenvalue weighted by molar-refractivity contribution is 0.129. The number of fused-ring (bicyclic) bond motifs is 3. The van der Waals surface area contributed by atoms with Gasteiger partial charge in [0.2, 0.25) is 0 Å². The van der Waals surface area contributed by atoms with Crippen LogP contribution in [0.15, 0.2) is 41.2 Å². The lowest BCUT2D eigenvalue weighted by Crippen LogP contribution is -2.46. The molecule has 1 atom stereocenters. The number of rotatable bonds is 4. The number of β-amino-alcohol motifs (C(OH)–C–C–N with tert-alkyl or cyclic N) is 1. The first kappa shape index (κ1) is 22.4. The molecule has 2 heterocycles. The average Bonchev–Trinajstić information content (AvgIpc) is 2.79. The number of amides is 2. The molecule has 2 amide bonds. The van der Waals surface area contributed by atoms with Gasteiger partial charge in [-0.2, -0.15) is 5.26 Å². The molecule has 10 heteroatoms. The molecule has 0 bridgehead atoms. The van der Waals surface area contributed by atoms with Crippen molar-refractivity contribution in [1.82, 2.24) is 14.8 Å². The van der Waals surface area contributed by atoms with Crippen LogP contribution in [0.4, 0.5) is 19.3 Å². The van der Waals surface area contributed by atoms with Crippen molar-refractivity contribution in [1.29, 1.82) is 5.26 Å². The summed E-state index contributed by atoms with van der Waals surface area (Å²) in [5.74, 6) is -1.23. The van der Waals surface area contributed by atoms with Crippen LogP contribution >= 0.6 is 0 Å². The monoisotopic (exact) mass is 453 g/mol. The molecular weight excluding hydrogens is 432 g/mol. The number of nitrogens with one attached hydrogen (secondary N) is 2.